The first-order chi connectivity index (χ1) is 6.84. The standard InChI is InChI=1S/C14H13.ClH.Mg/c1-12-7-9-14(10-8-12)11-13-5-3-2-4-6-13;;/h2-11H,1H3;1H;/q-1;;+2/p-1. The molecule has 0 N–H and O–H groups in total. The van der Waals surface area contributed by atoms with Crippen molar-refractivity contribution < 1.29 is 12.4 Å². The van der Waals surface area contributed by atoms with E-state index in [1.807, 2.05) is 6.07 Å². The molecule has 0 spiro atoms. The zero-order valence-corrected chi connectivity index (χ0v) is 11.5. The minimum Gasteiger partial charge on any atom is -1.00 e. The van der Waals surface area contributed by atoms with E-state index in [1.54, 1.807) is 0 Å². The van der Waals surface area contributed by atoms with Crippen molar-refractivity contribution in [2.45, 2.75) is 6.92 Å². The monoisotopic (exact) mass is 240 g/mol. The van der Waals surface area contributed by atoms with E-state index in [1.165, 1.54) is 16.7 Å². The molecule has 2 heteroatoms. The number of benzene rings is 2. The number of halogens is 1. The van der Waals surface area contributed by atoms with Gasteiger partial charge in [-0.15, -0.1) is 41.8 Å². The molecule has 0 atom stereocenters. The Morgan fingerprint density at radius 3 is 1.81 bits per heavy atom. The molecule has 0 aliphatic rings. The fourth-order valence-electron chi connectivity index (χ4n) is 1.40. The van der Waals surface area contributed by atoms with Crippen molar-refractivity contribution in [2.75, 3.05) is 0 Å². The number of hydrogen-bond acceptors (Lipinski definition) is 0. The molecule has 0 saturated carbocycles. The van der Waals surface area contributed by atoms with Crippen LogP contribution in [0.5, 0.6) is 0 Å². The van der Waals surface area contributed by atoms with Crippen LogP contribution < -0.4 is 12.4 Å². The zero-order valence-electron chi connectivity index (χ0n) is 9.36. The Labute approximate surface area is 120 Å². The largest absolute Gasteiger partial charge is 2.00 e. The van der Waals surface area contributed by atoms with E-state index in [9.17, 15) is 0 Å². The second-order valence-corrected chi connectivity index (χ2v) is 3.47. The molecule has 78 valence electrons. The topological polar surface area (TPSA) is 0 Å². The summed E-state index contributed by atoms with van der Waals surface area (Å²) in [6, 6.07) is 18.9. The molecular weight excluding hydrogens is 228 g/mol. The van der Waals surface area contributed by atoms with Crippen molar-refractivity contribution in [1.82, 2.24) is 0 Å². The fourth-order valence-corrected chi connectivity index (χ4v) is 1.40. The smallest absolute Gasteiger partial charge is 1.00 e. The summed E-state index contributed by atoms with van der Waals surface area (Å²) in [6.07, 6.45) is 2.18. The van der Waals surface area contributed by atoms with Gasteiger partial charge in [-0.05, 0) is 6.92 Å². The summed E-state index contributed by atoms with van der Waals surface area (Å²) in [5, 5.41) is 0. The Balaban J connectivity index is 0.00000112. The van der Waals surface area contributed by atoms with Gasteiger partial charge >= 0.3 is 23.1 Å². The van der Waals surface area contributed by atoms with E-state index in [0.29, 0.717) is 0 Å². The molecule has 2 rings (SSSR count). The maximum absolute atomic E-state index is 2.18. The number of hydrogen-bond donors (Lipinski definition) is 0. The van der Waals surface area contributed by atoms with Gasteiger partial charge in [0.05, 0.1) is 0 Å². The molecule has 2 aromatic rings. The van der Waals surface area contributed by atoms with Gasteiger partial charge in [-0.3, -0.25) is 0 Å². The van der Waals surface area contributed by atoms with Crippen LogP contribution in [-0.2, 0) is 0 Å². The first kappa shape index (κ1) is 15.4. The average Bonchev–Trinajstić information content (AvgIpc) is 2.23. The molecule has 0 amide bonds. The van der Waals surface area contributed by atoms with Crippen molar-refractivity contribution in [3.63, 3.8) is 0 Å². The third-order valence-electron chi connectivity index (χ3n) is 2.21. The molecule has 0 nitrogen and oxygen atoms in total. The summed E-state index contributed by atoms with van der Waals surface area (Å²) < 4.78 is 0. The Morgan fingerprint density at radius 2 is 1.25 bits per heavy atom. The SMILES string of the molecule is Cc1ccc([CH-]c2ccccc2)cc1.[Cl-].[Mg+2]. The van der Waals surface area contributed by atoms with E-state index in [0.717, 1.165) is 0 Å². The van der Waals surface area contributed by atoms with Crippen LogP contribution in [0.4, 0.5) is 0 Å². The van der Waals surface area contributed by atoms with Crippen LogP contribution in [0.1, 0.15) is 16.7 Å². The predicted octanol–water partition coefficient (Wildman–Crippen LogP) is 0.219. The van der Waals surface area contributed by atoms with Gasteiger partial charge in [-0.25, -0.2) is 0 Å². The summed E-state index contributed by atoms with van der Waals surface area (Å²) in [6.45, 7) is 2.10. The second-order valence-electron chi connectivity index (χ2n) is 3.47. The van der Waals surface area contributed by atoms with Crippen molar-refractivity contribution >= 4 is 23.1 Å². The third kappa shape index (κ3) is 4.48. The fraction of sp³-hybridized carbons (Fsp3) is 0.0714. The number of aryl methyl sites for hydroxylation is 1. The second kappa shape index (κ2) is 7.61. The first-order valence-corrected chi connectivity index (χ1v) is 4.81. The van der Waals surface area contributed by atoms with Crippen molar-refractivity contribution in [2.24, 2.45) is 0 Å². The van der Waals surface area contributed by atoms with E-state index in [-0.39, 0.29) is 35.5 Å². The van der Waals surface area contributed by atoms with E-state index in [2.05, 4.69) is 61.9 Å². The zero-order chi connectivity index (χ0) is 9.80. The van der Waals surface area contributed by atoms with Gasteiger partial charge in [0, 0.05) is 0 Å². The van der Waals surface area contributed by atoms with Crippen LogP contribution in [0, 0.1) is 13.3 Å². The van der Waals surface area contributed by atoms with Crippen molar-refractivity contribution in [3.8, 4) is 0 Å². The van der Waals surface area contributed by atoms with Gasteiger partial charge in [0.25, 0.3) is 0 Å². The van der Waals surface area contributed by atoms with Crippen LogP contribution in [0.15, 0.2) is 54.6 Å². The van der Waals surface area contributed by atoms with Crippen LogP contribution in [0.3, 0.4) is 0 Å². The van der Waals surface area contributed by atoms with E-state index >= 15 is 0 Å². The normalized spacial score (nSPS) is 8.56. The Bertz CT molecular complexity index is 395. The molecule has 0 aromatic heterocycles. The van der Waals surface area contributed by atoms with E-state index < -0.39 is 0 Å². The molecule has 0 bridgehead atoms. The minimum atomic E-state index is 0. The minimum absolute atomic E-state index is 0. The van der Waals surface area contributed by atoms with Crippen LogP contribution >= 0.6 is 0 Å². The summed E-state index contributed by atoms with van der Waals surface area (Å²) in [7, 11) is 0. The van der Waals surface area contributed by atoms with Gasteiger partial charge in [0.1, 0.15) is 0 Å². The van der Waals surface area contributed by atoms with Crippen LogP contribution in [0.2, 0.25) is 0 Å². The van der Waals surface area contributed by atoms with Crippen molar-refractivity contribution in [1.29, 1.82) is 0 Å². The molecular formula is C14H13ClMg. The van der Waals surface area contributed by atoms with Gasteiger partial charge in [0.15, 0.2) is 0 Å². The summed E-state index contributed by atoms with van der Waals surface area (Å²) in [5.74, 6) is 0. The first-order valence-electron chi connectivity index (χ1n) is 4.81. The Kier molecular flexibility index (Phi) is 7.31. The third-order valence-corrected chi connectivity index (χ3v) is 2.21. The van der Waals surface area contributed by atoms with Crippen LogP contribution in [-0.4, -0.2) is 23.1 Å². The molecule has 0 unspecified atom stereocenters. The Hall–Kier alpha value is -0.634. The molecule has 0 radical (unpaired) electrons. The van der Waals surface area contributed by atoms with Gasteiger partial charge < -0.3 is 12.4 Å². The predicted molar refractivity (Wildman–Crippen MR) is 65.9 cm³/mol. The average molecular weight is 241 g/mol. The summed E-state index contributed by atoms with van der Waals surface area (Å²) >= 11 is 0. The number of rotatable bonds is 2. The molecule has 16 heavy (non-hydrogen) atoms. The molecule has 0 heterocycles. The van der Waals surface area contributed by atoms with Gasteiger partial charge in [-0.2, -0.15) is 0 Å². The molecule has 0 aliphatic carbocycles. The molecule has 0 aliphatic heterocycles. The summed E-state index contributed by atoms with van der Waals surface area (Å²) in [4.78, 5) is 0. The maximum atomic E-state index is 2.18. The van der Waals surface area contributed by atoms with Crippen LogP contribution in [0.25, 0.3) is 0 Å². The van der Waals surface area contributed by atoms with Gasteiger partial charge in [-0.1, -0.05) is 35.9 Å². The Morgan fingerprint density at radius 1 is 0.750 bits per heavy atom. The molecule has 2 aromatic carbocycles. The van der Waals surface area contributed by atoms with Crippen molar-refractivity contribution in [3.05, 3.63) is 77.7 Å². The summed E-state index contributed by atoms with van der Waals surface area (Å²) in [5.41, 5.74) is 3.80. The van der Waals surface area contributed by atoms with E-state index in [4.69, 9.17) is 0 Å². The maximum Gasteiger partial charge on any atom is 2.00 e. The quantitative estimate of drug-likeness (QED) is 0.521. The molecule has 0 saturated heterocycles. The van der Waals surface area contributed by atoms with Gasteiger partial charge in [0.2, 0.25) is 0 Å². The molecule has 0 fully saturated rings.